The van der Waals surface area contributed by atoms with Crippen molar-refractivity contribution < 1.29 is 9.13 Å². The smallest absolute Gasteiger partial charge is 0.127 e. The van der Waals surface area contributed by atoms with Gasteiger partial charge in [-0.2, -0.15) is 5.10 Å². The Kier molecular flexibility index (Phi) is 7.53. The van der Waals surface area contributed by atoms with Crippen LogP contribution in [0.15, 0.2) is 79.1 Å². The molecule has 2 fully saturated rings. The van der Waals surface area contributed by atoms with E-state index in [9.17, 15) is 4.39 Å². The van der Waals surface area contributed by atoms with Gasteiger partial charge in [-0.3, -0.25) is 19.9 Å². The number of nitrogens with one attached hydrogen (secondary N) is 2. The lowest BCUT2D eigenvalue weighted by Crippen LogP contribution is -2.25. The highest BCUT2D eigenvalue weighted by molar-refractivity contribution is 6.02. The van der Waals surface area contributed by atoms with E-state index in [-0.39, 0.29) is 5.82 Å². The predicted molar refractivity (Wildman–Crippen MR) is 178 cm³/mol. The average Bonchev–Trinajstić information content (AvgIpc) is 3.88. The van der Waals surface area contributed by atoms with Gasteiger partial charge in [0.2, 0.25) is 0 Å². The number of likely N-dealkylation sites (tertiary alicyclic amines) is 2. The second-order valence-corrected chi connectivity index (χ2v) is 12.4. The number of hydrogen-bond donors (Lipinski definition) is 2. The number of hydrogen-bond acceptors (Lipinski definition) is 5. The van der Waals surface area contributed by atoms with Gasteiger partial charge in [0, 0.05) is 53.4 Å². The maximum absolute atomic E-state index is 14.8. The van der Waals surface area contributed by atoms with Crippen molar-refractivity contribution in [2.75, 3.05) is 39.3 Å². The summed E-state index contributed by atoms with van der Waals surface area (Å²) in [5.41, 5.74) is 8.87. The summed E-state index contributed by atoms with van der Waals surface area (Å²) in [4.78, 5) is 13.0. The van der Waals surface area contributed by atoms with Gasteiger partial charge >= 0.3 is 0 Å². The Morgan fingerprint density at radius 2 is 1.60 bits per heavy atom. The van der Waals surface area contributed by atoms with Gasteiger partial charge in [0.1, 0.15) is 23.9 Å². The fourth-order valence-corrected chi connectivity index (χ4v) is 6.96. The number of aromatic amines is 2. The molecule has 2 aliphatic rings. The van der Waals surface area contributed by atoms with E-state index in [1.54, 1.807) is 6.07 Å². The third-order valence-corrected chi connectivity index (χ3v) is 9.27. The molecule has 3 aromatic heterocycles. The Morgan fingerprint density at radius 1 is 0.756 bits per heavy atom. The van der Waals surface area contributed by atoms with Gasteiger partial charge in [0.05, 0.1) is 11.2 Å². The standard InChI is InChI=1S/C37H37FN6O/c38-29-17-27(18-30(20-29)45-15-14-43-10-1-2-11-43)31-6-5-7-34-32(31)21-36(40-34)37-33-19-26(8-9-35(33)41-42-37)28-16-25(22-39-23-28)24-44-12-3-4-13-44/h5-9,16-23,40H,1-4,10-15,24H2,(H,41,42). The van der Waals surface area contributed by atoms with E-state index in [1.165, 1.54) is 37.3 Å². The number of H-pyrrole nitrogens is 2. The third kappa shape index (κ3) is 5.83. The average molecular weight is 601 g/mol. The second kappa shape index (κ2) is 12.1. The molecule has 0 saturated carbocycles. The SMILES string of the molecule is Fc1cc(OCCN2CCCC2)cc(-c2cccc3[nH]c(-c4n[nH]c5ccc(-c6cncc(CN7CCCC7)c6)cc45)cc23)c1. The summed E-state index contributed by atoms with van der Waals surface area (Å²) in [6.07, 6.45) is 8.96. The fourth-order valence-electron chi connectivity index (χ4n) is 6.96. The molecule has 3 aromatic carbocycles. The molecule has 0 atom stereocenters. The first-order chi connectivity index (χ1) is 22.2. The molecule has 228 valence electrons. The van der Waals surface area contributed by atoms with E-state index < -0.39 is 0 Å². The van der Waals surface area contributed by atoms with Gasteiger partial charge in [-0.15, -0.1) is 0 Å². The van der Waals surface area contributed by atoms with Crippen molar-refractivity contribution >= 4 is 21.8 Å². The molecule has 0 bridgehead atoms. The molecule has 0 spiro atoms. The largest absolute Gasteiger partial charge is 0.492 e. The summed E-state index contributed by atoms with van der Waals surface area (Å²) in [6, 6.07) is 21.8. The fraction of sp³-hybridized carbons (Fsp3) is 0.297. The maximum Gasteiger partial charge on any atom is 0.127 e. The Hall–Kier alpha value is -4.53. The van der Waals surface area contributed by atoms with Crippen LogP contribution in [0.4, 0.5) is 4.39 Å². The number of fused-ring (bicyclic) bond motifs is 2. The summed E-state index contributed by atoms with van der Waals surface area (Å²) >= 11 is 0. The Morgan fingerprint density at radius 3 is 2.47 bits per heavy atom. The molecule has 0 radical (unpaired) electrons. The molecular weight excluding hydrogens is 563 g/mol. The lowest BCUT2D eigenvalue weighted by atomic mass is 10.0. The zero-order valence-electron chi connectivity index (χ0n) is 25.4. The van der Waals surface area contributed by atoms with E-state index >= 15 is 0 Å². The molecular formula is C37H37FN6O. The summed E-state index contributed by atoms with van der Waals surface area (Å²) < 4.78 is 20.8. The Bertz CT molecular complexity index is 1970. The highest BCUT2D eigenvalue weighted by Crippen LogP contribution is 2.36. The minimum atomic E-state index is -0.304. The number of rotatable bonds is 9. The van der Waals surface area contributed by atoms with Crippen LogP contribution < -0.4 is 4.74 Å². The van der Waals surface area contributed by atoms with Crippen LogP contribution in [-0.4, -0.2) is 69.3 Å². The lowest BCUT2D eigenvalue weighted by molar-refractivity contribution is 0.237. The zero-order valence-corrected chi connectivity index (χ0v) is 25.4. The molecule has 0 amide bonds. The van der Waals surface area contributed by atoms with E-state index in [1.807, 2.05) is 36.7 Å². The summed E-state index contributed by atoms with van der Waals surface area (Å²) in [7, 11) is 0. The van der Waals surface area contributed by atoms with Crippen molar-refractivity contribution in [3.8, 4) is 39.4 Å². The summed E-state index contributed by atoms with van der Waals surface area (Å²) in [5.74, 6) is 0.253. The molecule has 7 nitrogen and oxygen atoms in total. The van der Waals surface area contributed by atoms with Gasteiger partial charge in [-0.05, 0) is 117 Å². The quantitative estimate of drug-likeness (QED) is 0.178. The molecule has 5 heterocycles. The van der Waals surface area contributed by atoms with Crippen LogP contribution in [0.5, 0.6) is 5.75 Å². The van der Waals surface area contributed by atoms with Crippen molar-refractivity contribution in [1.82, 2.24) is 30.0 Å². The molecule has 2 aliphatic heterocycles. The summed E-state index contributed by atoms with van der Waals surface area (Å²) in [6.45, 7) is 6.91. The molecule has 6 aromatic rings. The number of halogens is 1. The molecule has 8 heteroatoms. The normalized spacial score (nSPS) is 15.9. The van der Waals surface area contributed by atoms with Crippen molar-refractivity contribution in [1.29, 1.82) is 0 Å². The van der Waals surface area contributed by atoms with Crippen LogP contribution in [-0.2, 0) is 6.54 Å². The van der Waals surface area contributed by atoms with E-state index in [0.717, 1.165) is 94.7 Å². The Balaban J connectivity index is 1.09. The minimum Gasteiger partial charge on any atom is -0.492 e. The highest BCUT2D eigenvalue weighted by Gasteiger charge is 2.17. The van der Waals surface area contributed by atoms with Gasteiger partial charge < -0.3 is 9.72 Å². The van der Waals surface area contributed by atoms with Gasteiger partial charge in [-0.1, -0.05) is 18.2 Å². The van der Waals surface area contributed by atoms with E-state index in [4.69, 9.17) is 9.84 Å². The van der Waals surface area contributed by atoms with Crippen LogP contribution in [0.3, 0.4) is 0 Å². The zero-order chi connectivity index (χ0) is 30.2. The van der Waals surface area contributed by atoms with E-state index in [0.29, 0.717) is 12.4 Å². The van der Waals surface area contributed by atoms with Crippen LogP contribution in [0.1, 0.15) is 31.2 Å². The van der Waals surface area contributed by atoms with Gasteiger partial charge in [0.15, 0.2) is 0 Å². The van der Waals surface area contributed by atoms with E-state index in [2.05, 4.69) is 55.2 Å². The lowest BCUT2D eigenvalue weighted by Gasteiger charge is -2.15. The van der Waals surface area contributed by atoms with Crippen LogP contribution in [0.2, 0.25) is 0 Å². The summed E-state index contributed by atoms with van der Waals surface area (Å²) in [5, 5.41) is 9.96. The number of aromatic nitrogens is 4. The van der Waals surface area contributed by atoms with Crippen molar-refractivity contribution in [2.24, 2.45) is 0 Å². The third-order valence-electron chi connectivity index (χ3n) is 9.27. The van der Waals surface area contributed by atoms with Gasteiger partial charge in [-0.25, -0.2) is 4.39 Å². The first kappa shape index (κ1) is 28.0. The van der Waals surface area contributed by atoms with Crippen molar-refractivity contribution in [2.45, 2.75) is 32.2 Å². The number of nitrogens with zero attached hydrogens (tertiary/aromatic N) is 4. The highest BCUT2D eigenvalue weighted by atomic mass is 19.1. The minimum absolute atomic E-state index is 0.304. The first-order valence-electron chi connectivity index (χ1n) is 16.1. The second-order valence-electron chi connectivity index (χ2n) is 12.4. The molecule has 0 aliphatic carbocycles. The van der Waals surface area contributed by atoms with Crippen molar-refractivity contribution in [3.63, 3.8) is 0 Å². The van der Waals surface area contributed by atoms with Gasteiger partial charge in [0.25, 0.3) is 0 Å². The number of ether oxygens (including phenoxy) is 1. The number of pyridine rings is 1. The molecule has 0 unspecified atom stereocenters. The Labute approximate surface area is 262 Å². The maximum atomic E-state index is 14.8. The molecule has 45 heavy (non-hydrogen) atoms. The monoisotopic (exact) mass is 600 g/mol. The molecule has 2 N–H and O–H groups in total. The van der Waals surface area contributed by atoms with Crippen LogP contribution in [0.25, 0.3) is 55.4 Å². The predicted octanol–water partition coefficient (Wildman–Crippen LogP) is 7.65. The van der Waals surface area contributed by atoms with Crippen molar-refractivity contribution in [3.05, 3.63) is 90.5 Å². The number of benzene rings is 3. The first-order valence-corrected chi connectivity index (χ1v) is 16.1. The molecule has 2 saturated heterocycles. The van der Waals surface area contributed by atoms with Crippen LogP contribution >= 0.6 is 0 Å². The topological polar surface area (TPSA) is 73.1 Å². The molecule has 8 rings (SSSR count). The van der Waals surface area contributed by atoms with Crippen LogP contribution in [0, 0.1) is 5.82 Å².